The van der Waals surface area contributed by atoms with Gasteiger partial charge in [-0.1, -0.05) is 13.8 Å². The van der Waals surface area contributed by atoms with Crippen molar-refractivity contribution in [3.05, 3.63) is 23.0 Å². The van der Waals surface area contributed by atoms with Gasteiger partial charge in [-0.25, -0.2) is 0 Å². The first-order valence-electron chi connectivity index (χ1n) is 5.32. The predicted molar refractivity (Wildman–Crippen MR) is 59.4 cm³/mol. The van der Waals surface area contributed by atoms with Crippen LogP contribution in [0.3, 0.4) is 0 Å². The first-order chi connectivity index (χ1) is 6.37. The average Bonchev–Trinajstić information content (AvgIpc) is 2.72. The smallest absolute Gasteiger partial charge is 0.0249 e. The number of aryl methyl sites for hydroxylation is 2. The Labute approximate surface area is 85.9 Å². The van der Waals surface area contributed by atoms with E-state index in [9.17, 15) is 0 Å². The Morgan fingerprint density at radius 3 is 2.29 bits per heavy atom. The maximum atomic E-state index is 6.32. The van der Waals surface area contributed by atoms with E-state index in [1.165, 1.54) is 17.0 Å². The molecule has 2 rings (SSSR count). The molecular formula is C12H20N2. The van der Waals surface area contributed by atoms with E-state index in [2.05, 4.69) is 38.7 Å². The molecule has 0 saturated heterocycles. The summed E-state index contributed by atoms with van der Waals surface area (Å²) >= 11 is 0. The molecule has 0 bridgehead atoms. The van der Waals surface area contributed by atoms with E-state index in [1.54, 1.807) is 0 Å². The Bertz CT molecular complexity index is 356. The van der Waals surface area contributed by atoms with Gasteiger partial charge in [-0.15, -0.1) is 0 Å². The van der Waals surface area contributed by atoms with Crippen LogP contribution >= 0.6 is 0 Å². The van der Waals surface area contributed by atoms with Crippen molar-refractivity contribution in [1.82, 2.24) is 4.98 Å². The highest BCUT2D eigenvalue weighted by atomic mass is 14.9. The number of aromatic nitrogens is 1. The highest BCUT2D eigenvalue weighted by molar-refractivity contribution is 5.37. The van der Waals surface area contributed by atoms with Gasteiger partial charge in [0.1, 0.15) is 0 Å². The normalized spacial score (nSPS) is 19.8. The lowest BCUT2D eigenvalue weighted by atomic mass is 9.76. The minimum absolute atomic E-state index is 0.0341. The van der Waals surface area contributed by atoms with Crippen molar-refractivity contribution in [2.24, 2.45) is 5.73 Å². The molecule has 0 amide bonds. The summed E-state index contributed by atoms with van der Waals surface area (Å²) in [5.41, 5.74) is 10.3. The van der Waals surface area contributed by atoms with Crippen molar-refractivity contribution < 1.29 is 0 Å². The summed E-state index contributed by atoms with van der Waals surface area (Å²) in [5.74, 6) is 0. The van der Waals surface area contributed by atoms with Gasteiger partial charge in [0.25, 0.3) is 0 Å². The van der Waals surface area contributed by atoms with Gasteiger partial charge < -0.3 is 10.7 Å². The van der Waals surface area contributed by atoms with E-state index >= 15 is 0 Å². The number of H-pyrrole nitrogens is 1. The predicted octanol–water partition coefficient (Wildman–Crippen LogP) is 2.40. The Kier molecular flexibility index (Phi) is 1.84. The van der Waals surface area contributed by atoms with Gasteiger partial charge in [0.15, 0.2) is 0 Å². The Morgan fingerprint density at radius 1 is 1.36 bits per heavy atom. The Hall–Kier alpha value is -0.760. The zero-order valence-corrected chi connectivity index (χ0v) is 9.57. The van der Waals surface area contributed by atoms with Crippen LogP contribution in [0.1, 0.15) is 43.6 Å². The molecule has 2 nitrogen and oxygen atoms in total. The van der Waals surface area contributed by atoms with Gasteiger partial charge >= 0.3 is 0 Å². The number of nitrogens with two attached hydrogens (primary N) is 1. The van der Waals surface area contributed by atoms with Gasteiger partial charge in [0.2, 0.25) is 0 Å². The van der Waals surface area contributed by atoms with Crippen LogP contribution in [0, 0.1) is 13.8 Å². The van der Waals surface area contributed by atoms with Gasteiger partial charge in [-0.05, 0) is 38.3 Å². The molecule has 78 valence electrons. The summed E-state index contributed by atoms with van der Waals surface area (Å²) in [6.07, 6.45) is 2.31. The van der Waals surface area contributed by atoms with Crippen molar-refractivity contribution in [3.8, 4) is 0 Å². The number of aromatic amines is 1. The van der Waals surface area contributed by atoms with E-state index in [-0.39, 0.29) is 11.0 Å². The number of nitrogens with one attached hydrogen (secondary N) is 1. The summed E-state index contributed by atoms with van der Waals surface area (Å²) < 4.78 is 0. The minimum atomic E-state index is 0.0341. The third-order valence-electron chi connectivity index (χ3n) is 3.86. The molecule has 2 heteroatoms. The fraction of sp³-hybridized carbons (Fsp3) is 0.667. The highest BCUT2D eigenvalue weighted by Gasteiger charge is 2.52. The molecule has 1 heterocycles. The maximum Gasteiger partial charge on any atom is 0.0249 e. The van der Waals surface area contributed by atoms with E-state index < -0.39 is 0 Å². The molecular weight excluding hydrogens is 172 g/mol. The molecule has 0 aromatic carbocycles. The van der Waals surface area contributed by atoms with Crippen LogP contribution in [-0.2, 0) is 5.41 Å². The monoisotopic (exact) mass is 192 g/mol. The molecule has 0 spiro atoms. The summed E-state index contributed by atoms with van der Waals surface area (Å²) in [6.45, 7) is 8.75. The zero-order valence-electron chi connectivity index (χ0n) is 9.57. The quantitative estimate of drug-likeness (QED) is 0.742. The molecule has 1 saturated carbocycles. The lowest BCUT2D eigenvalue weighted by Crippen LogP contribution is -2.43. The van der Waals surface area contributed by atoms with Gasteiger partial charge in [-0.3, -0.25) is 0 Å². The first-order valence-corrected chi connectivity index (χ1v) is 5.32. The topological polar surface area (TPSA) is 41.8 Å². The lowest BCUT2D eigenvalue weighted by Gasteiger charge is -2.32. The fourth-order valence-electron chi connectivity index (χ4n) is 2.40. The van der Waals surface area contributed by atoms with Gasteiger partial charge in [0, 0.05) is 22.3 Å². The fourth-order valence-corrected chi connectivity index (χ4v) is 2.40. The van der Waals surface area contributed by atoms with Gasteiger partial charge in [-0.2, -0.15) is 0 Å². The van der Waals surface area contributed by atoms with Crippen molar-refractivity contribution in [3.63, 3.8) is 0 Å². The summed E-state index contributed by atoms with van der Waals surface area (Å²) in [5, 5.41) is 0. The molecule has 1 aromatic heterocycles. The molecule has 0 aliphatic heterocycles. The van der Waals surface area contributed by atoms with Crippen LogP contribution < -0.4 is 5.73 Å². The molecule has 0 unspecified atom stereocenters. The molecule has 0 atom stereocenters. The summed E-state index contributed by atoms with van der Waals surface area (Å²) in [4.78, 5) is 3.36. The zero-order chi connectivity index (χ0) is 10.6. The molecule has 3 N–H and O–H groups in total. The Morgan fingerprint density at radius 2 is 1.93 bits per heavy atom. The van der Waals surface area contributed by atoms with Crippen LogP contribution in [-0.4, -0.2) is 10.5 Å². The van der Waals surface area contributed by atoms with E-state index in [0.29, 0.717) is 0 Å². The standard InChI is InChI=1S/C12H20N2/c1-8-7-10(9(2)14-8)11(3,4)12(13)5-6-12/h7,14H,5-6,13H2,1-4H3. The van der Waals surface area contributed by atoms with Crippen LogP contribution in [0.15, 0.2) is 6.07 Å². The van der Waals surface area contributed by atoms with Crippen molar-refractivity contribution >= 4 is 0 Å². The van der Waals surface area contributed by atoms with E-state index in [4.69, 9.17) is 5.73 Å². The molecule has 1 aromatic rings. The highest BCUT2D eigenvalue weighted by Crippen LogP contribution is 2.49. The SMILES string of the molecule is Cc1cc(C(C)(C)C2(N)CC2)c(C)[nH]1. The third-order valence-corrected chi connectivity index (χ3v) is 3.86. The maximum absolute atomic E-state index is 6.32. The average molecular weight is 192 g/mol. The van der Waals surface area contributed by atoms with Crippen molar-refractivity contribution in [2.45, 2.75) is 51.5 Å². The second-order valence-electron chi connectivity index (χ2n) is 5.27. The molecule has 1 aliphatic carbocycles. The summed E-state index contributed by atoms with van der Waals surface area (Å²) in [6, 6.07) is 2.24. The number of hydrogen-bond donors (Lipinski definition) is 2. The lowest BCUT2D eigenvalue weighted by molar-refractivity contribution is 0.390. The minimum Gasteiger partial charge on any atom is -0.362 e. The second kappa shape index (κ2) is 2.63. The van der Waals surface area contributed by atoms with Crippen LogP contribution in [0.2, 0.25) is 0 Å². The van der Waals surface area contributed by atoms with Crippen LogP contribution in [0.4, 0.5) is 0 Å². The van der Waals surface area contributed by atoms with Crippen molar-refractivity contribution in [1.29, 1.82) is 0 Å². The second-order valence-corrected chi connectivity index (χ2v) is 5.27. The molecule has 14 heavy (non-hydrogen) atoms. The third kappa shape index (κ3) is 1.21. The number of hydrogen-bond acceptors (Lipinski definition) is 1. The van der Waals surface area contributed by atoms with Crippen LogP contribution in [0.25, 0.3) is 0 Å². The molecule has 0 radical (unpaired) electrons. The van der Waals surface area contributed by atoms with E-state index in [1.807, 2.05) is 0 Å². The Balaban J connectivity index is 2.43. The van der Waals surface area contributed by atoms with Crippen molar-refractivity contribution in [2.75, 3.05) is 0 Å². The van der Waals surface area contributed by atoms with E-state index in [0.717, 1.165) is 12.8 Å². The number of rotatable bonds is 2. The summed E-state index contributed by atoms with van der Waals surface area (Å²) in [7, 11) is 0. The van der Waals surface area contributed by atoms with Crippen LogP contribution in [0.5, 0.6) is 0 Å². The molecule has 1 aliphatic rings. The first kappa shape index (κ1) is 9.78. The van der Waals surface area contributed by atoms with Gasteiger partial charge in [0.05, 0.1) is 0 Å². The largest absolute Gasteiger partial charge is 0.362 e. The molecule has 1 fully saturated rings.